The zero-order valence-corrected chi connectivity index (χ0v) is 14.8. The normalized spacial score (nSPS) is 15.0. The zero-order chi connectivity index (χ0) is 19.4. The largest absolute Gasteiger partial charge is 0.481 e. The zero-order valence-electron chi connectivity index (χ0n) is 14.8. The third kappa shape index (κ3) is 4.69. The molecule has 1 saturated heterocycles. The Morgan fingerprint density at radius 3 is 2.26 bits per heavy atom. The number of anilines is 1. The Hall–Kier alpha value is -3.22. The standard InChI is InChI=1S/C20H19FN2O4/c1-13(27-17-8-4-15(21)5-9-17)20(26)22-16-6-2-14(3-7-16)12-23-18(24)10-11-19(23)25/h2-9,13H,10-12H2,1H3,(H,22,26)/t13-/m0/s1. The van der Waals surface area contributed by atoms with Crippen LogP contribution in [0.25, 0.3) is 0 Å². The van der Waals surface area contributed by atoms with Gasteiger partial charge in [0.25, 0.3) is 5.91 Å². The van der Waals surface area contributed by atoms with Gasteiger partial charge in [0.15, 0.2) is 6.10 Å². The minimum atomic E-state index is -0.769. The lowest BCUT2D eigenvalue weighted by Crippen LogP contribution is -2.30. The van der Waals surface area contributed by atoms with E-state index in [0.717, 1.165) is 5.56 Å². The first-order chi connectivity index (χ1) is 12.9. The first-order valence-electron chi connectivity index (χ1n) is 8.57. The van der Waals surface area contributed by atoms with Gasteiger partial charge in [-0.2, -0.15) is 0 Å². The van der Waals surface area contributed by atoms with Crippen molar-refractivity contribution in [3.63, 3.8) is 0 Å². The first-order valence-corrected chi connectivity index (χ1v) is 8.57. The molecule has 0 saturated carbocycles. The monoisotopic (exact) mass is 370 g/mol. The number of ether oxygens (including phenoxy) is 1. The molecular formula is C20H19FN2O4. The van der Waals surface area contributed by atoms with E-state index < -0.39 is 6.10 Å². The van der Waals surface area contributed by atoms with Gasteiger partial charge >= 0.3 is 0 Å². The van der Waals surface area contributed by atoms with Crippen molar-refractivity contribution in [2.24, 2.45) is 0 Å². The van der Waals surface area contributed by atoms with Gasteiger partial charge in [-0.1, -0.05) is 12.1 Å². The summed E-state index contributed by atoms with van der Waals surface area (Å²) >= 11 is 0. The Morgan fingerprint density at radius 1 is 1.07 bits per heavy atom. The highest BCUT2D eigenvalue weighted by molar-refractivity contribution is 6.01. The van der Waals surface area contributed by atoms with Gasteiger partial charge in [0.2, 0.25) is 11.8 Å². The highest BCUT2D eigenvalue weighted by Gasteiger charge is 2.28. The molecular weight excluding hydrogens is 351 g/mol. The van der Waals surface area contributed by atoms with E-state index in [2.05, 4.69) is 5.32 Å². The highest BCUT2D eigenvalue weighted by Crippen LogP contribution is 2.18. The van der Waals surface area contributed by atoms with E-state index in [1.165, 1.54) is 29.2 Å². The van der Waals surface area contributed by atoms with Gasteiger partial charge in [0, 0.05) is 18.5 Å². The fourth-order valence-electron chi connectivity index (χ4n) is 2.69. The summed E-state index contributed by atoms with van der Waals surface area (Å²) < 4.78 is 18.4. The molecule has 3 amide bonds. The summed E-state index contributed by atoms with van der Waals surface area (Å²) in [6.45, 7) is 1.83. The van der Waals surface area contributed by atoms with Gasteiger partial charge in [-0.05, 0) is 48.9 Å². The Kier molecular flexibility index (Phi) is 5.49. The van der Waals surface area contributed by atoms with E-state index in [0.29, 0.717) is 11.4 Å². The number of nitrogens with one attached hydrogen (secondary N) is 1. The van der Waals surface area contributed by atoms with Gasteiger partial charge in [0.1, 0.15) is 11.6 Å². The summed E-state index contributed by atoms with van der Waals surface area (Å²) in [4.78, 5) is 36.8. The number of amides is 3. The number of imide groups is 1. The molecule has 1 heterocycles. The summed E-state index contributed by atoms with van der Waals surface area (Å²) in [5.74, 6) is -0.656. The molecule has 1 N–H and O–H groups in total. The molecule has 0 unspecified atom stereocenters. The van der Waals surface area contributed by atoms with Crippen LogP contribution in [0.15, 0.2) is 48.5 Å². The molecule has 0 spiro atoms. The van der Waals surface area contributed by atoms with E-state index in [4.69, 9.17) is 4.74 Å². The van der Waals surface area contributed by atoms with Crippen molar-refractivity contribution in [3.8, 4) is 5.75 Å². The van der Waals surface area contributed by atoms with Crippen LogP contribution < -0.4 is 10.1 Å². The average Bonchev–Trinajstić information content (AvgIpc) is 2.97. The Balaban J connectivity index is 1.55. The van der Waals surface area contributed by atoms with E-state index in [-0.39, 0.29) is 42.9 Å². The van der Waals surface area contributed by atoms with Crippen molar-refractivity contribution in [3.05, 3.63) is 59.9 Å². The summed E-state index contributed by atoms with van der Waals surface area (Å²) in [6.07, 6.45) is -0.243. The molecule has 1 aliphatic rings. The highest BCUT2D eigenvalue weighted by atomic mass is 19.1. The lowest BCUT2D eigenvalue weighted by Gasteiger charge is -2.16. The van der Waals surface area contributed by atoms with E-state index in [1.807, 2.05) is 0 Å². The summed E-state index contributed by atoms with van der Waals surface area (Å²) in [7, 11) is 0. The maximum atomic E-state index is 12.9. The first kappa shape index (κ1) is 18.6. The van der Waals surface area contributed by atoms with Crippen molar-refractivity contribution in [2.45, 2.75) is 32.4 Å². The van der Waals surface area contributed by atoms with Crippen LogP contribution in [-0.2, 0) is 20.9 Å². The molecule has 27 heavy (non-hydrogen) atoms. The average molecular weight is 370 g/mol. The third-order valence-corrected chi connectivity index (χ3v) is 4.21. The van der Waals surface area contributed by atoms with Crippen LogP contribution >= 0.6 is 0 Å². The summed E-state index contributed by atoms with van der Waals surface area (Å²) in [6, 6.07) is 12.3. The van der Waals surface area contributed by atoms with Gasteiger partial charge in [-0.3, -0.25) is 19.3 Å². The van der Waals surface area contributed by atoms with Crippen molar-refractivity contribution in [1.29, 1.82) is 0 Å². The molecule has 2 aromatic carbocycles. The summed E-state index contributed by atoms with van der Waals surface area (Å²) in [5, 5.41) is 2.73. The lowest BCUT2D eigenvalue weighted by molar-refractivity contribution is -0.139. The number of hydrogen-bond acceptors (Lipinski definition) is 4. The van der Waals surface area contributed by atoms with Gasteiger partial charge in [-0.15, -0.1) is 0 Å². The number of likely N-dealkylation sites (tertiary alicyclic amines) is 1. The van der Waals surface area contributed by atoms with Crippen LogP contribution in [0.1, 0.15) is 25.3 Å². The molecule has 1 atom stereocenters. The van der Waals surface area contributed by atoms with Gasteiger partial charge < -0.3 is 10.1 Å². The van der Waals surface area contributed by atoms with E-state index in [9.17, 15) is 18.8 Å². The minimum absolute atomic E-state index is 0.163. The number of carbonyl (C=O) groups excluding carboxylic acids is 3. The molecule has 0 radical (unpaired) electrons. The molecule has 0 aliphatic carbocycles. The number of carbonyl (C=O) groups is 3. The predicted molar refractivity (Wildman–Crippen MR) is 96.4 cm³/mol. The molecule has 0 bridgehead atoms. The van der Waals surface area contributed by atoms with Crippen LogP contribution in [0, 0.1) is 5.82 Å². The smallest absolute Gasteiger partial charge is 0.265 e. The van der Waals surface area contributed by atoms with Crippen LogP contribution in [-0.4, -0.2) is 28.7 Å². The van der Waals surface area contributed by atoms with Gasteiger partial charge in [0.05, 0.1) is 6.54 Å². The number of halogens is 1. The van der Waals surface area contributed by atoms with Crippen molar-refractivity contribution < 1.29 is 23.5 Å². The maximum Gasteiger partial charge on any atom is 0.265 e. The minimum Gasteiger partial charge on any atom is -0.481 e. The fourth-order valence-corrected chi connectivity index (χ4v) is 2.69. The Labute approximate surface area is 155 Å². The SMILES string of the molecule is C[C@H](Oc1ccc(F)cc1)C(=O)Nc1ccc(CN2C(=O)CCC2=O)cc1. The third-order valence-electron chi connectivity index (χ3n) is 4.21. The molecule has 7 heteroatoms. The van der Waals surface area contributed by atoms with Crippen LogP contribution in [0.4, 0.5) is 10.1 Å². The Morgan fingerprint density at radius 2 is 1.67 bits per heavy atom. The van der Waals surface area contributed by atoms with Crippen LogP contribution in [0.5, 0.6) is 5.75 Å². The van der Waals surface area contributed by atoms with Gasteiger partial charge in [-0.25, -0.2) is 4.39 Å². The van der Waals surface area contributed by atoms with Crippen LogP contribution in [0.3, 0.4) is 0 Å². The molecule has 6 nitrogen and oxygen atoms in total. The number of benzene rings is 2. The van der Waals surface area contributed by atoms with Crippen molar-refractivity contribution in [2.75, 3.05) is 5.32 Å². The second-order valence-corrected chi connectivity index (χ2v) is 6.27. The predicted octanol–water partition coefficient (Wildman–Crippen LogP) is 2.88. The molecule has 1 aliphatic heterocycles. The lowest BCUT2D eigenvalue weighted by atomic mass is 10.2. The van der Waals surface area contributed by atoms with E-state index >= 15 is 0 Å². The summed E-state index contributed by atoms with van der Waals surface area (Å²) in [5.41, 5.74) is 1.37. The van der Waals surface area contributed by atoms with E-state index in [1.54, 1.807) is 31.2 Å². The molecule has 0 aromatic heterocycles. The molecule has 3 rings (SSSR count). The van der Waals surface area contributed by atoms with Crippen molar-refractivity contribution in [1.82, 2.24) is 4.90 Å². The number of hydrogen-bond donors (Lipinski definition) is 1. The second-order valence-electron chi connectivity index (χ2n) is 6.27. The molecule has 2 aromatic rings. The second kappa shape index (κ2) is 7.99. The van der Waals surface area contributed by atoms with Crippen LogP contribution in [0.2, 0.25) is 0 Å². The Bertz CT molecular complexity index is 833. The number of nitrogens with zero attached hydrogens (tertiary/aromatic N) is 1. The molecule has 1 fully saturated rings. The fraction of sp³-hybridized carbons (Fsp3) is 0.250. The maximum absolute atomic E-state index is 12.9. The topological polar surface area (TPSA) is 75.7 Å². The molecule has 140 valence electrons. The quantitative estimate of drug-likeness (QED) is 0.794. The number of rotatable bonds is 6. The van der Waals surface area contributed by atoms with Crippen molar-refractivity contribution >= 4 is 23.4 Å².